The number of hydrogen-bond acceptors (Lipinski definition) is 5. The lowest BCUT2D eigenvalue weighted by atomic mass is 9.87. The molecule has 1 aromatic rings. The first-order valence-electron chi connectivity index (χ1n) is 5.30. The molecule has 0 unspecified atom stereocenters. The lowest BCUT2D eigenvalue weighted by molar-refractivity contribution is -0.742. The molecule has 1 heterocycles. The van der Waals surface area contributed by atoms with Gasteiger partial charge in [-0.3, -0.25) is 9.11 Å². The van der Waals surface area contributed by atoms with Gasteiger partial charge in [0.1, 0.15) is 0 Å². The monoisotopic (exact) mass is 376 g/mol. The van der Waals surface area contributed by atoms with Crippen molar-refractivity contribution >= 4 is 28.5 Å². The molecule has 1 aliphatic heterocycles. The summed E-state index contributed by atoms with van der Waals surface area (Å²) in [5, 5.41) is 17.0. The maximum Gasteiger partial charge on any atom is 0.394 e. The zero-order valence-electron chi connectivity index (χ0n) is 11.3. The van der Waals surface area contributed by atoms with Crippen molar-refractivity contribution in [2.75, 3.05) is 11.9 Å². The summed E-state index contributed by atoms with van der Waals surface area (Å²) < 4.78 is 31.6. The molecular formula is C12H25ClN2O7S. The van der Waals surface area contributed by atoms with E-state index in [1.807, 2.05) is 0 Å². The summed E-state index contributed by atoms with van der Waals surface area (Å²) >= 11 is 0. The molecule has 138 valence electrons. The summed E-state index contributed by atoms with van der Waals surface area (Å²) in [6, 6.07) is 8.53. The van der Waals surface area contributed by atoms with Crippen molar-refractivity contribution in [2.45, 2.75) is 34.1 Å². The van der Waals surface area contributed by atoms with Crippen LogP contribution in [0.1, 0.15) is 34.3 Å². The predicted octanol–water partition coefficient (Wildman–Crippen LogP) is 3.08. The van der Waals surface area contributed by atoms with Crippen LogP contribution in [0.15, 0.2) is 24.3 Å². The topological polar surface area (TPSA) is 150 Å². The zero-order chi connectivity index (χ0) is 16.0. The fourth-order valence-corrected chi connectivity index (χ4v) is 1.64. The number of anilines is 1. The highest BCUT2D eigenvalue weighted by atomic mass is 35.5. The second-order valence-corrected chi connectivity index (χ2v) is 5.36. The average Bonchev–Trinajstić information content (AvgIpc) is 2.53. The van der Waals surface area contributed by atoms with E-state index < -0.39 is 15.5 Å². The molecule has 1 aliphatic rings. The van der Waals surface area contributed by atoms with Gasteiger partial charge in [-0.15, -0.1) is 22.5 Å². The van der Waals surface area contributed by atoms with Crippen LogP contribution in [0.5, 0.6) is 0 Å². The third kappa shape index (κ3) is 15.1. The minimum Gasteiger partial charge on any atom is -0.384 e. The molecule has 0 spiro atoms. The normalized spacial score (nSPS) is 12.7. The molecule has 0 atom stereocenters. The predicted molar refractivity (Wildman–Crippen MR) is 91.6 cm³/mol. The van der Waals surface area contributed by atoms with Crippen molar-refractivity contribution in [1.29, 1.82) is 0 Å². The fourth-order valence-electron chi connectivity index (χ4n) is 1.64. The van der Waals surface area contributed by atoms with Crippen LogP contribution in [0, 0.1) is 10.1 Å². The van der Waals surface area contributed by atoms with Gasteiger partial charge >= 0.3 is 10.4 Å². The molecule has 4 N–H and O–H groups in total. The van der Waals surface area contributed by atoms with Crippen LogP contribution < -0.4 is 5.32 Å². The maximum atomic E-state index is 8.74. The van der Waals surface area contributed by atoms with Crippen LogP contribution >= 0.6 is 12.4 Å². The van der Waals surface area contributed by atoms with Crippen LogP contribution in [-0.2, 0) is 15.8 Å². The number of rotatable bonds is 0. The van der Waals surface area contributed by atoms with Crippen LogP contribution in [0.2, 0.25) is 0 Å². The maximum absolute atomic E-state index is 8.74. The molecule has 0 aromatic heterocycles. The molecule has 0 fully saturated rings. The molecule has 0 bridgehead atoms. The van der Waals surface area contributed by atoms with E-state index >= 15 is 0 Å². The van der Waals surface area contributed by atoms with Crippen LogP contribution in [0.4, 0.5) is 5.69 Å². The van der Waals surface area contributed by atoms with Gasteiger partial charge in [-0.2, -0.15) is 8.42 Å². The summed E-state index contributed by atoms with van der Waals surface area (Å²) in [7, 11) is -4.67. The lowest BCUT2D eigenvalue weighted by Gasteiger charge is -2.16. The van der Waals surface area contributed by atoms with Crippen molar-refractivity contribution < 1.29 is 27.8 Å². The molecule has 11 heteroatoms. The average molecular weight is 377 g/mol. The number of hydrogen-bond donors (Lipinski definition) is 4. The molecule has 1 aromatic carbocycles. The summed E-state index contributed by atoms with van der Waals surface area (Å²) in [6.45, 7) is 5.60. The van der Waals surface area contributed by atoms with E-state index in [2.05, 4.69) is 43.4 Å². The quantitative estimate of drug-likeness (QED) is 0.306. The SMILES string of the molecule is C.C.CC1(C)CNc2ccccc21.Cl.O=S(=O)(O)O.O=[N+]([O-])O. The Labute approximate surface area is 142 Å². The first-order chi connectivity index (χ1) is 8.93. The summed E-state index contributed by atoms with van der Waals surface area (Å²) in [5.41, 5.74) is 3.06. The van der Waals surface area contributed by atoms with Crippen molar-refractivity contribution in [2.24, 2.45) is 0 Å². The Kier molecular flexibility index (Phi) is 15.2. The van der Waals surface area contributed by atoms with E-state index in [0.29, 0.717) is 5.41 Å². The second kappa shape index (κ2) is 11.9. The molecule has 0 amide bonds. The Bertz CT molecular complexity index is 552. The van der Waals surface area contributed by atoms with Gasteiger partial charge in [0.2, 0.25) is 0 Å². The first-order valence-corrected chi connectivity index (χ1v) is 6.70. The molecule has 23 heavy (non-hydrogen) atoms. The van der Waals surface area contributed by atoms with Gasteiger partial charge in [0.25, 0.3) is 5.09 Å². The Morgan fingerprint density at radius 3 is 1.91 bits per heavy atom. The van der Waals surface area contributed by atoms with Crippen molar-refractivity contribution in [3.63, 3.8) is 0 Å². The fraction of sp³-hybridized carbons (Fsp3) is 0.500. The Morgan fingerprint density at radius 1 is 1.22 bits per heavy atom. The number of fused-ring (bicyclic) bond motifs is 1. The largest absolute Gasteiger partial charge is 0.394 e. The van der Waals surface area contributed by atoms with Crippen molar-refractivity contribution in [3.05, 3.63) is 39.9 Å². The van der Waals surface area contributed by atoms with Gasteiger partial charge in [0, 0.05) is 17.6 Å². The smallest absolute Gasteiger partial charge is 0.384 e. The Hall–Kier alpha value is -1.62. The van der Waals surface area contributed by atoms with E-state index in [4.69, 9.17) is 32.8 Å². The molecule has 0 aliphatic carbocycles. The summed E-state index contributed by atoms with van der Waals surface area (Å²) in [6.07, 6.45) is 0. The van der Waals surface area contributed by atoms with Gasteiger partial charge < -0.3 is 10.5 Å². The second-order valence-electron chi connectivity index (χ2n) is 4.47. The summed E-state index contributed by atoms with van der Waals surface area (Å²) in [5.74, 6) is 0. The number of halogens is 1. The number of nitrogens with one attached hydrogen (secondary N) is 1. The molecule has 0 saturated carbocycles. The van der Waals surface area contributed by atoms with Gasteiger partial charge in [-0.1, -0.05) is 46.9 Å². The minimum atomic E-state index is -4.67. The number of para-hydroxylation sites is 1. The number of nitrogens with zero attached hydrogens (tertiary/aromatic N) is 1. The van der Waals surface area contributed by atoms with Crippen LogP contribution in [0.25, 0.3) is 0 Å². The van der Waals surface area contributed by atoms with Crippen molar-refractivity contribution in [1.82, 2.24) is 0 Å². The molecule has 2 rings (SSSR count). The van der Waals surface area contributed by atoms with Gasteiger partial charge in [0.15, 0.2) is 0 Å². The zero-order valence-corrected chi connectivity index (χ0v) is 12.9. The first kappa shape index (κ1) is 29.4. The third-order valence-corrected chi connectivity index (χ3v) is 2.38. The van der Waals surface area contributed by atoms with Gasteiger partial charge in [0.05, 0.1) is 0 Å². The molecule has 0 radical (unpaired) electrons. The molecule has 9 nitrogen and oxygen atoms in total. The van der Waals surface area contributed by atoms with E-state index in [1.165, 1.54) is 11.3 Å². The Balaban J connectivity index is -0.000000131. The highest BCUT2D eigenvalue weighted by molar-refractivity contribution is 7.79. The minimum absolute atomic E-state index is 0. The summed E-state index contributed by atoms with van der Waals surface area (Å²) in [4.78, 5) is 8.36. The highest BCUT2D eigenvalue weighted by Gasteiger charge is 2.28. The van der Waals surface area contributed by atoms with E-state index in [9.17, 15) is 0 Å². The number of benzene rings is 1. The van der Waals surface area contributed by atoms with Crippen LogP contribution in [-0.4, -0.2) is 34.4 Å². The van der Waals surface area contributed by atoms with Crippen LogP contribution in [0.3, 0.4) is 0 Å². The van der Waals surface area contributed by atoms with Crippen molar-refractivity contribution in [3.8, 4) is 0 Å². The molecular weight excluding hydrogens is 352 g/mol. The van der Waals surface area contributed by atoms with Gasteiger partial charge in [-0.25, -0.2) is 0 Å². The van der Waals surface area contributed by atoms with E-state index in [1.54, 1.807) is 0 Å². The standard InChI is InChI=1S/C10H13N.2CH4.ClH.HNO3.H2O4S/c1-10(2)7-11-9-6-4-3-5-8(9)10;;;;2-1(3)4;1-5(2,3)4/h3-6,11H,7H2,1-2H3;2*1H4;1H;(H,2,3,4);(H2,1,2,3,4). The Morgan fingerprint density at radius 2 is 1.57 bits per heavy atom. The highest BCUT2D eigenvalue weighted by Crippen LogP contribution is 2.35. The lowest BCUT2D eigenvalue weighted by Crippen LogP contribution is -2.18. The third-order valence-electron chi connectivity index (χ3n) is 2.38. The molecule has 0 saturated heterocycles. The van der Waals surface area contributed by atoms with Gasteiger partial charge in [-0.05, 0) is 11.6 Å². The van der Waals surface area contributed by atoms with E-state index in [0.717, 1.165) is 6.54 Å². The van der Waals surface area contributed by atoms with E-state index in [-0.39, 0.29) is 27.3 Å².